The minimum atomic E-state index is -0.434. The summed E-state index contributed by atoms with van der Waals surface area (Å²) in [6.07, 6.45) is 1.57. The third kappa shape index (κ3) is 5.39. The zero-order chi connectivity index (χ0) is 27.4. The molecule has 0 saturated heterocycles. The average Bonchev–Trinajstić information content (AvgIpc) is 3.47. The number of nitrogens with zero attached hydrogens (tertiary/aromatic N) is 1. The van der Waals surface area contributed by atoms with E-state index >= 15 is 0 Å². The number of nitrogens with one attached hydrogen (secondary N) is 1. The topological polar surface area (TPSA) is 90.7 Å². The molecule has 0 fully saturated rings. The number of halogens is 1. The SMILES string of the molecule is COc1ccc(-c2cnc(-c3ccccc3C(=O)Nc3ccc(Cl)cc3C(=O)c3ccccc3)o2)c(OC)c1. The summed E-state index contributed by atoms with van der Waals surface area (Å²) in [6, 6.07) is 25.9. The van der Waals surface area contributed by atoms with Gasteiger partial charge in [-0.25, -0.2) is 4.98 Å². The highest BCUT2D eigenvalue weighted by molar-refractivity contribution is 6.31. The maximum absolute atomic E-state index is 13.5. The fraction of sp³-hybridized carbons (Fsp3) is 0.0645. The molecular formula is C31H23ClN2O5. The van der Waals surface area contributed by atoms with E-state index in [-0.39, 0.29) is 17.2 Å². The number of amides is 1. The molecule has 4 aromatic carbocycles. The molecule has 1 N–H and O–H groups in total. The van der Waals surface area contributed by atoms with Crippen LogP contribution in [0.4, 0.5) is 5.69 Å². The molecule has 194 valence electrons. The van der Waals surface area contributed by atoms with Crippen molar-refractivity contribution >= 4 is 29.0 Å². The van der Waals surface area contributed by atoms with E-state index in [0.717, 1.165) is 0 Å². The van der Waals surface area contributed by atoms with Crippen LogP contribution < -0.4 is 14.8 Å². The fourth-order valence-electron chi connectivity index (χ4n) is 4.14. The van der Waals surface area contributed by atoms with Crippen LogP contribution in [0.2, 0.25) is 5.02 Å². The zero-order valence-electron chi connectivity index (χ0n) is 21.1. The minimum absolute atomic E-state index is 0.255. The number of hydrogen-bond acceptors (Lipinski definition) is 6. The number of ketones is 1. The van der Waals surface area contributed by atoms with E-state index in [1.54, 1.807) is 99.3 Å². The van der Waals surface area contributed by atoms with Crippen LogP contribution in [-0.2, 0) is 0 Å². The van der Waals surface area contributed by atoms with Gasteiger partial charge in [-0.05, 0) is 42.5 Å². The highest BCUT2D eigenvalue weighted by atomic mass is 35.5. The molecule has 1 aromatic heterocycles. The number of rotatable bonds is 8. The summed E-state index contributed by atoms with van der Waals surface area (Å²) < 4.78 is 16.8. The highest BCUT2D eigenvalue weighted by Gasteiger charge is 2.21. The molecule has 0 aliphatic carbocycles. The maximum Gasteiger partial charge on any atom is 0.256 e. The van der Waals surface area contributed by atoms with E-state index < -0.39 is 5.91 Å². The second kappa shape index (κ2) is 11.2. The predicted molar refractivity (Wildman–Crippen MR) is 150 cm³/mol. The lowest BCUT2D eigenvalue weighted by Crippen LogP contribution is -2.16. The number of aromatic nitrogens is 1. The lowest BCUT2D eigenvalue weighted by atomic mass is 10.0. The van der Waals surface area contributed by atoms with Gasteiger partial charge >= 0.3 is 0 Å². The van der Waals surface area contributed by atoms with E-state index in [0.29, 0.717) is 50.2 Å². The predicted octanol–water partition coefficient (Wildman–Crippen LogP) is 7.16. The molecule has 39 heavy (non-hydrogen) atoms. The van der Waals surface area contributed by atoms with Crippen LogP contribution in [0.15, 0.2) is 102 Å². The van der Waals surface area contributed by atoms with Crippen LogP contribution >= 0.6 is 11.6 Å². The van der Waals surface area contributed by atoms with Gasteiger partial charge in [0, 0.05) is 27.8 Å². The van der Waals surface area contributed by atoms with Crippen LogP contribution in [0.5, 0.6) is 11.5 Å². The molecule has 8 heteroatoms. The van der Waals surface area contributed by atoms with Crippen LogP contribution in [0.25, 0.3) is 22.8 Å². The standard InChI is InChI=1S/C31H23ClN2O5/c1-37-21-13-14-24(27(17-21)38-2)28-18-33-31(39-28)23-11-7-6-10-22(23)30(36)34-26-15-12-20(32)16-25(26)29(35)19-8-4-3-5-9-19/h3-18H,1-2H3,(H,34,36). The van der Waals surface area contributed by atoms with Crippen molar-refractivity contribution in [1.82, 2.24) is 4.98 Å². The number of oxazole rings is 1. The van der Waals surface area contributed by atoms with Gasteiger partial charge in [-0.2, -0.15) is 0 Å². The number of benzene rings is 4. The molecular weight excluding hydrogens is 516 g/mol. The quantitative estimate of drug-likeness (QED) is 0.211. The molecule has 5 aromatic rings. The Bertz CT molecular complexity index is 1660. The van der Waals surface area contributed by atoms with E-state index in [1.807, 2.05) is 12.1 Å². The first-order valence-electron chi connectivity index (χ1n) is 12.0. The molecule has 0 aliphatic heterocycles. The third-order valence-electron chi connectivity index (χ3n) is 6.09. The average molecular weight is 539 g/mol. The largest absolute Gasteiger partial charge is 0.497 e. The Balaban J connectivity index is 1.47. The van der Waals surface area contributed by atoms with Gasteiger partial charge in [0.2, 0.25) is 5.89 Å². The molecule has 0 saturated carbocycles. The first kappa shape index (κ1) is 25.8. The monoisotopic (exact) mass is 538 g/mol. The molecule has 1 amide bonds. The zero-order valence-corrected chi connectivity index (χ0v) is 21.9. The van der Waals surface area contributed by atoms with Gasteiger partial charge in [0.25, 0.3) is 5.91 Å². The molecule has 0 bridgehead atoms. The van der Waals surface area contributed by atoms with Gasteiger partial charge in [-0.15, -0.1) is 0 Å². The van der Waals surface area contributed by atoms with Crippen molar-refractivity contribution in [3.8, 4) is 34.3 Å². The first-order valence-corrected chi connectivity index (χ1v) is 12.3. The number of anilines is 1. The Hall–Kier alpha value is -4.88. The van der Waals surface area contributed by atoms with Crippen molar-refractivity contribution in [3.63, 3.8) is 0 Å². The van der Waals surface area contributed by atoms with Crippen LogP contribution in [0, 0.1) is 0 Å². The second-order valence-corrected chi connectivity index (χ2v) is 8.92. The van der Waals surface area contributed by atoms with Gasteiger partial charge in [0.05, 0.1) is 37.2 Å². The number of carbonyl (C=O) groups excluding carboxylic acids is 2. The molecule has 0 unspecified atom stereocenters. The summed E-state index contributed by atoms with van der Waals surface area (Å²) in [6.45, 7) is 0. The van der Waals surface area contributed by atoms with E-state index in [2.05, 4.69) is 10.3 Å². The van der Waals surface area contributed by atoms with Crippen molar-refractivity contribution in [3.05, 3.63) is 119 Å². The number of carbonyl (C=O) groups is 2. The highest BCUT2D eigenvalue weighted by Crippen LogP contribution is 2.36. The number of ether oxygens (including phenoxy) is 2. The summed E-state index contributed by atoms with van der Waals surface area (Å²) >= 11 is 6.20. The Labute approximate surface area is 230 Å². The normalized spacial score (nSPS) is 10.6. The maximum atomic E-state index is 13.5. The van der Waals surface area contributed by atoms with Crippen molar-refractivity contribution in [2.45, 2.75) is 0 Å². The third-order valence-corrected chi connectivity index (χ3v) is 6.33. The summed E-state index contributed by atoms with van der Waals surface area (Å²) in [5.74, 6) is 1.23. The molecule has 0 radical (unpaired) electrons. The molecule has 0 spiro atoms. The van der Waals surface area contributed by atoms with E-state index in [1.165, 1.54) is 0 Å². The van der Waals surface area contributed by atoms with Gasteiger partial charge in [-0.1, -0.05) is 54.1 Å². The van der Waals surface area contributed by atoms with Crippen molar-refractivity contribution in [1.29, 1.82) is 0 Å². The van der Waals surface area contributed by atoms with Crippen LogP contribution in [0.1, 0.15) is 26.3 Å². The molecule has 0 aliphatic rings. The molecule has 0 atom stereocenters. The van der Waals surface area contributed by atoms with Gasteiger partial charge in [0.1, 0.15) is 11.5 Å². The van der Waals surface area contributed by atoms with Crippen LogP contribution in [-0.4, -0.2) is 30.9 Å². The van der Waals surface area contributed by atoms with Crippen LogP contribution in [0.3, 0.4) is 0 Å². The van der Waals surface area contributed by atoms with Gasteiger partial charge in [0.15, 0.2) is 11.5 Å². The first-order chi connectivity index (χ1) is 19.0. The van der Waals surface area contributed by atoms with E-state index in [4.69, 9.17) is 25.5 Å². The smallest absolute Gasteiger partial charge is 0.256 e. The molecule has 1 heterocycles. The summed E-state index contributed by atoms with van der Waals surface area (Å²) in [5.41, 5.74) is 2.59. The Morgan fingerprint density at radius 3 is 2.36 bits per heavy atom. The lowest BCUT2D eigenvalue weighted by Gasteiger charge is -2.13. The molecule has 7 nitrogen and oxygen atoms in total. The van der Waals surface area contributed by atoms with Crippen molar-refractivity contribution in [2.75, 3.05) is 19.5 Å². The van der Waals surface area contributed by atoms with Gasteiger partial charge in [-0.3, -0.25) is 9.59 Å². The molecule has 5 rings (SSSR count). The number of methoxy groups -OCH3 is 2. The Morgan fingerprint density at radius 1 is 0.821 bits per heavy atom. The Morgan fingerprint density at radius 2 is 1.59 bits per heavy atom. The Kier molecular flexibility index (Phi) is 7.43. The summed E-state index contributed by atoms with van der Waals surface area (Å²) in [4.78, 5) is 31.1. The summed E-state index contributed by atoms with van der Waals surface area (Å²) in [7, 11) is 3.14. The van der Waals surface area contributed by atoms with E-state index in [9.17, 15) is 9.59 Å². The van der Waals surface area contributed by atoms with Gasteiger partial charge < -0.3 is 19.2 Å². The second-order valence-electron chi connectivity index (χ2n) is 8.48. The lowest BCUT2D eigenvalue weighted by molar-refractivity contribution is 0.102. The summed E-state index contributed by atoms with van der Waals surface area (Å²) in [5, 5.41) is 3.25. The van der Waals surface area contributed by atoms with Crippen molar-refractivity contribution in [2.24, 2.45) is 0 Å². The number of hydrogen-bond donors (Lipinski definition) is 1. The van der Waals surface area contributed by atoms with Crippen molar-refractivity contribution < 1.29 is 23.5 Å². The fourth-order valence-corrected chi connectivity index (χ4v) is 4.31. The minimum Gasteiger partial charge on any atom is -0.497 e.